The Labute approximate surface area is 71.6 Å². The summed E-state index contributed by atoms with van der Waals surface area (Å²) in [6, 6.07) is 0. The number of halogens is 1. The average molecular weight is 178 g/mol. The van der Waals surface area contributed by atoms with Crippen LogP contribution in [0.4, 0.5) is 0 Å². The van der Waals surface area contributed by atoms with E-state index in [2.05, 4.69) is 5.32 Å². The fourth-order valence-corrected chi connectivity index (χ4v) is 2.10. The molecule has 0 aromatic carbocycles. The summed E-state index contributed by atoms with van der Waals surface area (Å²) in [4.78, 5) is 10.7. The minimum atomic E-state index is -0.615. The smallest absolute Gasteiger partial charge is 0.310 e. The molecule has 1 saturated carbocycles. The number of nitrogens with one attached hydrogen (secondary N) is 1. The zero-order valence-electron chi connectivity index (χ0n) is 6.17. The highest BCUT2D eigenvalue weighted by Crippen LogP contribution is 2.47. The maximum absolute atomic E-state index is 10.7. The molecule has 2 heterocycles. The zero-order chi connectivity index (χ0) is 7.19. The van der Waals surface area contributed by atoms with Crippen LogP contribution in [0, 0.1) is 11.3 Å². The van der Waals surface area contributed by atoms with Crippen LogP contribution in [0.1, 0.15) is 12.8 Å². The van der Waals surface area contributed by atoms with Gasteiger partial charge in [-0.2, -0.15) is 0 Å². The lowest BCUT2D eigenvalue weighted by atomic mass is 9.59. The lowest BCUT2D eigenvalue weighted by Crippen LogP contribution is -2.58. The van der Waals surface area contributed by atoms with E-state index in [0.717, 1.165) is 19.4 Å². The minimum Gasteiger partial charge on any atom is -0.481 e. The Hall–Kier alpha value is -0.280. The number of hydrogen-bond donors (Lipinski definition) is 2. The summed E-state index contributed by atoms with van der Waals surface area (Å²) < 4.78 is 0. The van der Waals surface area contributed by atoms with Crippen LogP contribution in [0.3, 0.4) is 0 Å². The van der Waals surface area contributed by atoms with Gasteiger partial charge in [0, 0.05) is 6.54 Å². The van der Waals surface area contributed by atoms with Gasteiger partial charge in [-0.05, 0) is 25.3 Å². The summed E-state index contributed by atoms with van der Waals surface area (Å²) in [5, 5.41) is 11.9. The highest BCUT2D eigenvalue weighted by molar-refractivity contribution is 5.85. The molecule has 4 heteroatoms. The molecule has 3 nitrogen and oxygen atoms in total. The summed E-state index contributed by atoms with van der Waals surface area (Å²) in [7, 11) is 0. The Kier molecular flexibility index (Phi) is 2.12. The molecule has 0 atom stereocenters. The predicted molar refractivity (Wildman–Crippen MR) is 42.9 cm³/mol. The second kappa shape index (κ2) is 2.64. The van der Waals surface area contributed by atoms with E-state index in [1.54, 1.807) is 0 Å². The highest BCUT2D eigenvalue weighted by atomic mass is 35.5. The third-order valence-electron chi connectivity index (χ3n) is 2.71. The van der Waals surface area contributed by atoms with E-state index in [4.69, 9.17) is 5.11 Å². The van der Waals surface area contributed by atoms with Gasteiger partial charge in [0.1, 0.15) is 0 Å². The monoisotopic (exact) mass is 177 g/mol. The van der Waals surface area contributed by atoms with Gasteiger partial charge in [0.2, 0.25) is 0 Å². The molecule has 0 radical (unpaired) electrons. The zero-order valence-corrected chi connectivity index (χ0v) is 6.99. The molecule has 0 spiro atoms. The molecule has 11 heavy (non-hydrogen) atoms. The lowest BCUT2D eigenvalue weighted by Gasteiger charge is -2.49. The highest BCUT2D eigenvalue weighted by Gasteiger charge is 2.52. The number of hydrogen-bond acceptors (Lipinski definition) is 2. The quantitative estimate of drug-likeness (QED) is 0.613. The molecule has 0 aromatic heterocycles. The molecule has 3 rings (SSSR count). The summed E-state index contributed by atoms with van der Waals surface area (Å²) in [6.07, 6.45) is 1.80. The second-order valence-corrected chi connectivity index (χ2v) is 3.49. The summed E-state index contributed by atoms with van der Waals surface area (Å²) in [6.45, 7) is 1.70. The van der Waals surface area contributed by atoms with E-state index in [1.807, 2.05) is 0 Å². The Morgan fingerprint density at radius 3 is 2.45 bits per heavy atom. The summed E-state index contributed by atoms with van der Waals surface area (Å²) in [5.41, 5.74) is -0.372. The van der Waals surface area contributed by atoms with Crippen LogP contribution in [0.5, 0.6) is 0 Å². The van der Waals surface area contributed by atoms with Crippen molar-refractivity contribution >= 4 is 18.4 Å². The number of fused-ring (bicyclic) bond motifs is 2. The Balaban J connectivity index is 0.000000605. The van der Waals surface area contributed by atoms with Crippen LogP contribution in [0.15, 0.2) is 0 Å². The van der Waals surface area contributed by atoms with Crippen molar-refractivity contribution in [1.82, 2.24) is 5.32 Å². The van der Waals surface area contributed by atoms with Crippen molar-refractivity contribution in [2.45, 2.75) is 12.8 Å². The number of aliphatic carboxylic acids is 1. The van der Waals surface area contributed by atoms with E-state index in [9.17, 15) is 4.79 Å². The molecule has 0 unspecified atom stereocenters. The van der Waals surface area contributed by atoms with Crippen LogP contribution in [0.25, 0.3) is 0 Å². The van der Waals surface area contributed by atoms with Crippen molar-refractivity contribution in [3.8, 4) is 0 Å². The van der Waals surface area contributed by atoms with Gasteiger partial charge in [-0.3, -0.25) is 4.79 Å². The lowest BCUT2D eigenvalue weighted by molar-refractivity contribution is -0.160. The number of carboxylic acids is 1. The third-order valence-corrected chi connectivity index (χ3v) is 2.71. The standard InChI is InChI=1S/C7H11NO2.ClH/c9-6(10)7-1-5(2-7)3-8-4-7;/h5,8H,1-4H2,(H,9,10);1H. The normalized spacial score (nSPS) is 40.2. The Bertz CT molecular complexity index is 172. The van der Waals surface area contributed by atoms with Gasteiger partial charge in [-0.25, -0.2) is 0 Å². The first-order chi connectivity index (χ1) is 4.73. The third kappa shape index (κ3) is 1.12. The van der Waals surface area contributed by atoms with Crippen molar-refractivity contribution in [3.05, 3.63) is 0 Å². The van der Waals surface area contributed by atoms with E-state index in [-0.39, 0.29) is 17.8 Å². The van der Waals surface area contributed by atoms with Gasteiger partial charge in [0.15, 0.2) is 0 Å². The number of rotatable bonds is 1. The second-order valence-electron chi connectivity index (χ2n) is 3.49. The topological polar surface area (TPSA) is 49.3 Å². The maximum Gasteiger partial charge on any atom is 0.310 e. The molecule has 2 bridgehead atoms. The summed E-state index contributed by atoms with van der Waals surface area (Å²) >= 11 is 0. The van der Waals surface area contributed by atoms with Gasteiger partial charge < -0.3 is 10.4 Å². The van der Waals surface area contributed by atoms with Crippen molar-refractivity contribution in [1.29, 1.82) is 0 Å². The molecule has 3 aliphatic rings. The van der Waals surface area contributed by atoms with Crippen LogP contribution in [0.2, 0.25) is 0 Å². The first-order valence-corrected chi connectivity index (χ1v) is 3.67. The van der Waals surface area contributed by atoms with E-state index >= 15 is 0 Å². The molecular weight excluding hydrogens is 166 g/mol. The van der Waals surface area contributed by atoms with Gasteiger partial charge in [-0.15, -0.1) is 12.4 Å². The van der Waals surface area contributed by atoms with E-state index in [0.29, 0.717) is 12.5 Å². The maximum atomic E-state index is 10.7. The fourth-order valence-electron chi connectivity index (χ4n) is 2.10. The first kappa shape index (κ1) is 8.81. The molecule has 2 N–H and O–H groups in total. The molecule has 3 fully saturated rings. The molecule has 2 saturated heterocycles. The van der Waals surface area contributed by atoms with Gasteiger partial charge in [0.05, 0.1) is 5.41 Å². The average Bonchev–Trinajstić information content (AvgIpc) is 1.87. The predicted octanol–water partition coefficient (Wildman–Crippen LogP) is 0.492. The SMILES string of the molecule is Cl.O=C(O)C12CNCC(C1)C2. The molecule has 0 aromatic rings. The minimum absolute atomic E-state index is 0. The molecule has 64 valence electrons. The fraction of sp³-hybridized carbons (Fsp3) is 0.857. The molecule has 2 aliphatic heterocycles. The number of carbonyl (C=O) groups is 1. The van der Waals surface area contributed by atoms with Crippen molar-refractivity contribution in [2.75, 3.05) is 13.1 Å². The van der Waals surface area contributed by atoms with E-state index in [1.165, 1.54) is 0 Å². The first-order valence-electron chi connectivity index (χ1n) is 3.67. The number of piperidine rings is 2. The number of carboxylic acid groups (broad SMARTS) is 1. The Morgan fingerprint density at radius 1 is 1.55 bits per heavy atom. The van der Waals surface area contributed by atoms with Crippen LogP contribution in [-0.4, -0.2) is 24.2 Å². The molecule has 1 aliphatic carbocycles. The van der Waals surface area contributed by atoms with Crippen LogP contribution < -0.4 is 5.32 Å². The van der Waals surface area contributed by atoms with Crippen LogP contribution in [-0.2, 0) is 4.79 Å². The summed E-state index contributed by atoms with van der Waals surface area (Å²) in [5.74, 6) is 0.0285. The molecular formula is C7H12ClNO2. The molecule has 0 amide bonds. The van der Waals surface area contributed by atoms with E-state index < -0.39 is 5.97 Å². The van der Waals surface area contributed by atoms with Gasteiger partial charge in [-0.1, -0.05) is 0 Å². The van der Waals surface area contributed by atoms with Gasteiger partial charge >= 0.3 is 5.97 Å². The van der Waals surface area contributed by atoms with Crippen molar-refractivity contribution in [3.63, 3.8) is 0 Å². The van der Waals surface area contributed by atoms with Crippen LogP contribution >= 0.6 is 12.4 Å². The Morgan fingerprint density at radius 2 is 2.18 bits per heavy atom. The van der Waals surface area contributed by atoms with Crippen molar-refractivity contribution in [2.24, 2.45) is 11.3 Å². The largest absolute Gasteiger partial charge is 0.481 e. The van der Waals surface area contributed by atoms with Gasteiger partial charge in [0.25, 0.3) is 0 Å². The van der Waals surface area contributed by atoms with Crippen molar-refractivity contribution < 1.29 is 9.90 Å².